The van der Waals surface area contributed by atoms with Crippen LogP contribution in [0.2, 0.25) is 0 Å². The minimum Gasteiger partial charge on any atom is -0.482 e. The fraction of sp³-hybridized carbons (Fsp3) is 0.214. The zero-order valence-electron chi connectivity index (χ0n) is 10.4. The second-order valence-corrected chi connectivity index (χ2v) is 5.84. The molecule has 3 rings (SSSR count). The van der Waals surface area contributed by atoms with Crippen molar-refractivity contribution in [3.05, 3.63) is 45.9 Å². The van der Waals surface area contributed by atoms with Crippen LogP contribution in [0.15, 0.2) is 34.5 Å². The number of hydrogen-bond donors (Lipinski definition) is 1. The lowest BCUT2D eigenvalue weighted by molar-refractivity contribution is -0.111. The third-order valence-electron chi connectivity index (χ3n) is 3.17. The Bertz CT molecular complexity index is 661. The number of rotatable bonds is 0. The van der Waals surface area contributed by atoms with Crippen molar-refractivity contribution < 1.29 is 13.9 Å². The molecule has 2 heterocycles. The van der Waals surface area contributed by atoms with Gasteiger partial charge < -0.3 is 10.1 Å². The summed E-state index contributed by atoms with van der Waals surface area (Å²) in [5, 5.41) is 2.65. The molecule has 0 saturated heterocycles. The van der Waals surface area contributed by atoms with Crippen LogP contribution < -0.4 is 5.32 Å². The average Bonchev–Trinajstić information content (AvgIpc) is 2.75. The summed E-state index contributed by atoms with van der Waals surface area (Å²) < 4.78 is 19.8. The highest BCUT2D eigenvalue weighted by Crippen LogP contribution is 2.42. The van der Waals surface area contributed by atoms with Gasteiger partial charge in [0.25, 0.3) is 5.91 Å². The standard InChI is InChI=1S/C14H11BrFNO2/c1-14(2)11(15)6-10(19-14)12-8-4-3-7(16)5-9(8)17-13(12)18/h3-6H,1-2H3,(H,17,18). The maximum absolute atomic E-state index is 13.2. The van der Waals surface area contributed by atoms with Gasteiger partial charge in [-0.25, -0.2) is 4.39 Å². The van der Waals surface area contributed by atoms with Gasteiger partial charge in [0.05, 0.1) is 11.3 Å². The predicted molar refractivity (Wildman–Crippen MR) is 74.1 cm³/mol. The van der Waals surface area contributed by atoms with E-state index in [1.165, 1.54) is 12.1 Å². The molecule has 0 aromatic heterocycles. The first-order chi connectivity index (χ1) is 8.88. The molecule has 0 fully saturated rings. The van der Waals surface area contributed by atoms with Crippen LogP contribution in [0.5, 0.6) is 0 Å². The first-order valence-corrected chi connectivity index (χ1v) is 6.60. The Balaban J connectivity index is 2.16. The Morgan fingerprint density at radius 3 is 2.74 bits per heavy atom. The molecule has 2 aliphatic rings. The zero-order valence-corrected chi connectivity index (χ0v) is 12.0. The highest BCUT2D eigenvalue weighted by molar-refractivity contribution is 9.11. The van der Waals surface area contributed by atoms with E-state index in [1.807, 2.05) is 13.8 Å². The van der Waals surface area contributed by atoms with Gasteiger partial charge >= 0.3 is 0 Å². The number of allylic oxidation sites excluding steroid dienone is 1. The second-order valence-electron chi connectivity index (χ2n) is 4.99. The number of anilines is 1. The predicted octanol–water partition coefficient (Wildman–Crippen LogP) is 3.58. The number of amides is 1. The van der Waals surface area contributed by atoms with E-state index in [0.29, 0.717) is 22.6 Å². The molecular formula is C14H11BrFNO2. The van der Waals surface area contributed by atoms with Crippen LogP contribution in [-0.2, 0) is 9.53 Å². The fourth-order valence-electron chi connectivity index (χ4n) is 2.15. The molecule has 2 aliphatic heterocycles. The van der Waals surface area contributed by atoms with Gasteiger partial charge in [0.1, 0.15) is 17.2 Å². The minimum atomic E-state index is -0.495. The van der Waals surface area contributed by atoms with Gasteiger partial charge in [-0.05, 0) is 38.1 Å². The van der Waals surface area contributed by atoms with Crippen molar-refractivity contribution in [2.75, 3.05) is 5.32 Å². The van der Waals surface area contributed by atoms with Gasteiger partial charge in [-0.1, -0.05) is 15.9 Å². The van der Waals surface area contributed by atoms with E-state index in [2.05, 4.69) is 21.2 Å². The number of halogens is 2. The van der Waals surface area contributed by atoms with Gasteiger partial charge in [0, 0.05) is 10.0 Å². The third-order valence-corrected chi connectivity index (χ3v) is 4.35. The van der Waals surface area contributed by atoms with E-state index in [9.17, 15) is 9.18 Å². The highest BCUT2D eigenvalue weighted by atomic mass is 79.9. The van der Waals surface area contributed by atoms with Crippen molar-refractivity contribution in [1.82, 2.24) is 0 Å². The lowest BCUT2D eigenvalue weighted by Gasteiger charge is -2.19. The maximum atomic E-state index is 13.2. The molecule has 0 spiro atoms. The van der Waals surface area contributed by atoms with Gasteiger partial charge in [-0.15, -0.1) is 0 Å². The van der Waals surface area contributed by atoms with E-state index in [1.54, 1.807) is 12.1 Å². The van der Waals surface area contributed by atoms with Crippen LogP contribution >= 0.6 is 15.9 Å². The van der Waals surface area contributed by atoms with Crippen LogP contribution in [0.4, 0.5) is 10.1 Å². The van der Waals surface area contributed by atoms with Crippen molar-refractivity contribution in [3.63, 3.8) is 0 Å². The topological polar surface area (TPSA) is 38.3 Å². The summed E-state index contributed by atoms with van der Waals surface area (Å²) in [4.78, 5) is 12.0. The van der Waals surface area contributed by atoms with Crippen LogP contribution in [0.25, 0.3) is 5.57 Å². The average molecular weight is 324 g/mol. The largest absolute Gasteiger partial charge is 0.482 e. The monoisotopic (exact) mass is 323 g/mol. The Kier molecular flexibility index (Phi) is 2.57. The summed E-state index contributed by atoms with van der Waals surface area (Å²) in [7, 11) is 0. The molecule has 19 heavy (non-hydrogen) atoms. The normalized spacial score (nSPS) is 23.8. The second kappa shape index (κ2) is 3.93. The fourth-order valence-corrected chi connectivity index (χ4v) is 2.44. The van der Waals surface area contributed by atoms with Crippen molar-refractivity contribution in [2.45, 2.75) is 19.4 Å². The van der Waals surface area contributed by atoms with Gasteiger partial charge in [-0.2, -0.15) is 0 Å². The van der Waals surface area contributed by atoms with E-state index >= 15 is 0 Å². The summed E-state index contributed by atoms with van der Waals surface area (Å²) in [5.74, 6) is -0.153. The minimum absolute atomic E-state index is 0.273. The SMILES string of the molecule is CC1(C)OC(=C2C(=O)Nc3cc(F)ccc32)C=C1Br. The van der Waals surface area contributed by atoms with Crippen molar-refractivity contribution in [2.24, 2.45) is 0 Å². The van der Waals surface area contributed by atoms with Gasteiger partial charge in [0.15, 0.2) is 0 Å². The molecule has 1 aromatic rings. The number of fused-ring (bicyclic) bond motifs is 1. The number of benzene rings is 1. The molecule has 0 unspecified atom stereocenters. The summed E-state index contributed by atoms with van der Waals surface area (Å²) in [5.41, 5.74) is 1.09. The first kappa shape index (κ1) is 12.4. The van der Waals surface area contributed by atoms with Crippen molar-refractivity contribution >= 4 is 33.1 Å². The summed E-state index contributed by atoms with van der Waals surface area (Å²) in [6.45, 7) is 3.80. The molecule has 0 atom stereocenters. The zero-order chi connectivity index (χ0) is 13.8. The molecule has 0 saturated carbocycles. The molecule has 0 radical (unpaired) electrons. The molecular weight excluding hydrogens is 313 g/mol. The Morgan fingerprint density at radius 2 is 2.11 bits per heavy atom. The van der Waals surface area contributed by atoms with Crippen molar-refractivity contribution in [1.29, 1.82) is 0 Å². The molecule has 5 heteroatoms. The van der Waals surface area contributed by atoms with E-state index < -0.39 is 5.60 Å². The summed E-state index contributed by atoms with van der Waals surface area (Å²) >= 11 is 3.43. The number of carbonyl (C=O) groups excluding carboxylic acids is 1. The number of nitrogens with one attached hydrogen (secondary N) is 1. The van der Waals surface area contributed by atoms with Crippen LogP contribution in [0, 0.1) is 5.82 Å². The number of carbonyl (C=O) groups is 1. The number of ether oxygens (including phenoxy) is 1. The van der Waals surface area contributed by atoms with E-state index in [4.69, 9.17) is 4.74 Å². The first-order valence-electron chi connectivity index (χ1n) is 5.81. The Labute approximate surface area is 118 Å². The maximum Gasteiger partial charge on any atom is 0.260 e. The molecule has 3 nitrogen and oxygen atoms in total. The highest BCUT2D eigenvalue weighted by Gasteiger charge is 2.36. The van der Waals surface area contributed by atoms with Crippen LogP contribution in [-0.4, -0.2) is 11.5 Å². The van der Waals surface area contributed by atoms with E-state index in [-0.39, 0.29) is 11.7 Å². The molecule has 1 N–H and O–H groups in total. The van der Waals surface area contributed by atoms with Gasteiger partial charge in [-0.3, -0.25) is 4.79 Å². The summed E-state index contributed by atoms with van der Waals surface area (Å²) in [6.07, 6.45) is 1.79. The quantitative estimate of drug-likeness (QED) is 0.741. The smallest absolute Gasteiger partial charge is 0.260 e. The lowest BCUT2D eigenvalue weighted by Crippen LogP contribution is -2.19. The van der Waals surface area contributed by atoms with E-state index in [0.717, 1.165) is 4.48 Å². The van der Waals surface area contributed by atoms with Crippen LogP contribution in [0.1, 0.15) is 19.4 Å². The molecule has 1 amide bonds. The molecule has 0 bridgehead atoms. The van der Waals surface area contributed by atoms with Crippen molar-refractivity contribution in [3.8, 4) is 0 Å². The third kappa shape index (κ3) is 1.89. The Morgan fingerprint density at radius 1 is 1.37 bits per heavy atom. The molecule has 98 valence electrons. The summed E-state index contributed by atoms with van der Waals surface area (Å²) in [6, 6.07) is 4.22. The number of hydrogen-bond acceptors (Lipinski definition) is 2. The van der Waals surface area contributed by atoms with Gasteiger partial charge in [0.2, 0.25) is 0 Å². The van der Waals surface area contributed by atoms with Crippen LogP contribution in [0.3, 0.4) is 0 Å². The Hall–Kier alpha value is -1.62. The lowest BCUT2D eigenvalue weighted by atomic mass is 10.1. The molecule has 0 aliphatic carbocycles. The molecule has 1 aromatic carbocycles.